The summed E-state index contributed by atoms with van der Waals surface area (Å²) in [6.07, 6.45) is -1.27. The molecule has 1 heterocycles. The van der Waals surface area contributed by atoms with Crippen molar-refractivity contribution in [2.45, 2.75) is 5.41 Å². The fourth-order valence-electron chi connectivity index (χ4n) is 3.67. The fourth-order valence-corrected chi connectivity index (χ4v) is 3.67. The monoisotopic (exact) mass is 329 g/mol. The molecule has 1 aliphatic heterocycles. The highest BCUT2D eigenvalue weighted by Gasteiger charge is 2.55. The molecule has 0 aliphatic carbocycles. The average molecular weight is 329 g/mol. The molecule has 0 unspecified atom stereocenters. The number of anilines is 1. The van der Waals surface area contributed by atoms with Gasteiger partial charge in [0.1, 0.15) is 5.41 Å². The van der Waals surface area contributed by atoms with Gasteiger partial charge in [0.05, 0.1) is 5.69 Å². The smallest absolute Gasteiger partial charge is 0.418 e. The minimum atomic E-state index is -1.27. The van der Waals surface area contributed by atoms with E-state index in [1.807, 2.05) is 72.8 Å². The van der Waals surface area contributed by atoms with Gasteiger partial charge in [0.25, 0.3) is 5.91 Å². The number of para-hydroxylation sites is 1. The number of carboxylic acid groups (broad SMARTS) is 1. The van der Waals surface area contributed by atoms with Crippen molar-refractivity contribution < 1.29 is 14.7 Å². The molecule has 0 saturated carbocycles. The average Bonchev–Trinajstić information content (AvgIpc) is 2.92. The molecule has 3 aromatic rings. The first kappa shape index (κ1) is 15.1. The van der Waals surface area contributed by atoms with E-state index in [9.17, 15) is 14.7 Å². The Kier molecular flexibility index (Phi) is 3.39. The molecule has 4 rings (SSSR count). The van der Waals surface area contributed by atoms with Crippen molar-refractivity contribution in [3.8, 4) is 0 Å². The number of hydrogen-bond donors (Lipinski definition) is 1. The Morgan fingerprint density at radius 2 is 1.24 bits per heavy atom. The lowest BCUT2D eigenvalue weighted by Gasteiger charge is -2.29. The second-order valence-corrected chi connectivity index (χ2v) is 5.92. The molecule has 0 aromatic heterocycles. The minimum absolute atomic E-state index is 0.410. The number of amides is 2. The van der Waals surface area contributed by atoms with Crippen LogP contribution in [-0.4, -0.2) is 17.1 Å². The van der Waals surface area contributed by atoms with Crippen LogP contribution in [0.4, 0.5) is 10.5 Å². The number of benzene rings is 3. The van der Waals surface area contributed by atoms with Crippen molar-refractivity contribution in [1.82, 2.24) is 0 Å². The summed E-state index contributed by atoms with van der Waals surface area (Å²) in [4.78, 5) is 26.2. The Morgan fingerprint density at radius 1 is 0.760 bits per heavy atom. The first-order valence-electron chi connectivity index (χ1n) is 7.95. The van der Waals surface area contributed by atoms with Crippen LogP contribution >= 0.6 is 0 Å². The molecule has 1 aliphatic rings. The van der Waals surface area contributed by atoms with E-state index in [0.717, 1.165) is 16.0 Å². The van der Waals surface area contributed by atoms with Gasteiger partial charge >= 0.3 is 6.09 Å². The zero-order valence-corrected chi connectivity index (χ0v) is 13.3. The number of carbonyl (C=O) groups is 2. The first-order valence-corrected chi connectivity index (χ1v) is 7.95. The summed E-state index contributed by atoms with van der Waals surface area (Å²) in [6, 6.07) is 25.7. The molecule has 0 fully saturated rings. The summed E-state index contributed by atoms with van der Waals surface area (Å²) in [5.74, 6) is -0.474. The third kappa shape index (κ3) is 2.01. The number of imide groups is 1. The predicted molar refractivity (Wildman–Crippen MR) is 94.7 cm³/mol. The van der Waals surface area contributed by atoms with Crippen LogP contribution in [0.25, 0.3) is 0 Å². The van der Waals surface area contributed by atoms with Crippen LogP contribution in [0.5, 0.6) is 0 Å². The number of nitrogens with zero attached hydrogens (tertiary/aromatic N) is 1. The fraction of sp³-hybridized carbons (Fsp3) is 0.0476. The van der Waals surface area contributed by atoms with Gasteiger partial charge in [0.15, 0.2) is 0 Å². The van der Waals surface area contributed by atoms with Crippen molar-refractivity contribution in [3.63, 3.8) is 0 Å². The quantitative estimate of drug-likeness (QED) is 0.772. The highest BCUT2D eigenvalue weighted by atomic mass is 16.4. The van der Waals surface area contributed by atoms with E-state index < -0.39 is 17.4 Å². The molecule has 3 aromatic carbocycles. The van der Waals surface area contributed by atoms with E-state index >= 15 is 0 Å². The van der Waals surface area contributed by atoms with E-state index in [2.05, 4.69) is 0 Å². The van der Waals surface area contributed by atoms with Crippen LogP contribution in [0.2, 0.25) is 0 Å². The predicted octanol–water partition coefficient (Wildman–Crippen LogP) is 4.05. The second kappa shape index (κ2) is 5.60. The lowest BCUT2D eigenvalue weighted by atomic mass is 9.70. The number of hydrogen-bond acceptors (Lipinski definition) is 2. The Bertz CT molecular complexity index is 912. The van der Waals surface area contributed by atoms with E-state index in [-0.39, 0.29) is 0 Å². The van der Waals surface area contributed by atoms with Gasteiger partial charge in [-0.15, -0.1) is 0 Å². The molecule has 1 N–H and O–H groups in total. The maximum atomic E-state index is 13.5. The number of carbonyl (C=O) groups excluding carboxylic acids is 1. The zero-order valence-electron chi connectivity index (χ0n) is 13.3. The summed E-state index contributed by atoms with van der Waals surface area (Å²) in [6.45, 7) is 0. The van der Waals surface area contributed by atoms with Gasteiger partial charge in [-0.3, -0.25) is 4.79 Å². The number of fused-ring (bicyclic) bond motifs is 1. The third-order valence-electron chi connectivity index (χ3n) is 4.68. The van der Waals surface area contributed by atoms with Crippen LogP contribution in [-0.2, 0) is 10.2 Å². The van der Waals surface area contributed by atoms with Crippen molar-refractivity contribution in [2.24, 2.45) is 0 Å². The van der Waals surface area contributed by atoms with Crippen molar-refractivity contribution in [3.05, 3.63) is 102 Å². The van der Waals surface area contributed by atoms with E-state index in [1.165, 1.54) is 0 Å². The highest BCUT2D eigenvalue weighted by molar-refractivity contribution is 6.23. The molecule has 0 bridgehead atoms. The third-order valence-corrected chi connectivity index (χ3v) is 4.68. The Morgan fingerprint density at radius 3 is 1.76 bits per heavy atom. The van der Waals surface area contributed by atoms with Gasteiger partial charge in [0.2, 0.25) is 0 Å². The van der Waals surface area contributed by atoms with E-state index in [4.69, 9.17) is 0 Å². The molecule has 0 spiro atoms. The van der Waals surface area contributed by atoms with E-state index in [0.29, 0.717) is 11.3 Å². The largest absolute Gasteiger partial charge is 0.464 e. The van der Waals surface area contributed by atoms with E-state index in [1.54, 1.807) is 12.1 Å². The normalized spacial score (nSPS) is 15.0. The van der Waals surface area contributed by atoms with Crippen molar-refractivity contribution in [1.29, 1.82) is 0 Å². The molecule has 0 atom stereocenters. The van der Waals surface area contributed by atoms with Crippen LogP contribution in [0.15, 0.2) is 84.9 Å². The topological polar surface area (TPSA) is 57.6 Å². The van der Waals surface area contributed by atoms with Crippen LogP contribution in [0.1, 0.15) is 16.7 Å². The van der Waals surface area contributed by atoms with Gasteiger partial charge in [-0.05, 0) is 17.2 Å². The molecule has 122 valence electrons. The summed E-state index contributed by atoms with van der Waals surface area (Å²) in [7, 11) is 0. The zero-order chi connectivity index (χ0) is 17.4. The first-order chi connectivity index (χ1) is 12.2. The maximum Gasteiger partial charge on any atom is 0.418 e. The lowest BCUT2D eigenvalue weighted by Crippen LogP contribution is -2.44. The molecular weight excluding hydrogens is 314 g/mol. The van der Waals surface area contributed by atoms with Gasteiger partial charge in [-0.1, -0.05) is 78.9 Å². The molecule has 0 radical (unpaired) electrons. The van der Waals surface area contributed by atoms with Gasteiger partial charge in [-0.25, -0.2) is 9.69 Å². The van der Waals surface area contributed by atoms with Gasteiger partial charge in [-0.2, -0.15) is 0 Å². The molecular formula is C21H15NO3. The molecule has 2 amide bonds. The minimum Gasteiger partial charge on any atom is -0.464 e. The summed E-state index contributed by atoms with van der Waals surface area (Å²) in [5, 5.41) is 9.66. The SMILES string of the molecule is O=C(O)N1C(=O)C(c2ccccc2)(c2ccccc2)c2ccccc21. The molecule has 4 heteroatoms. The summed E-state index contributed by atoms with van der Waals surface area (Å²) >= 11 is 0. The maximum absolute atomic E-state index is 13.5. The van der Waals surface area contributed by atoms with Crippen LogP contribution in [0, 0.1) is 0 Å². The van der Waals surface area contributed by atoms with Crippen LogP contribution in [0.3, 0.4) is 0 Å². The van der Waals surface area contributed by atoms with Crippen molar-refractivity contribution in [2.75, 3.05) is 4.90 Å². The second-order valence-electron chi connectivity index (χ2n) is 5.92. The standard InChI is InChI=1S/C21H15NO3/c23-19-21(15-9-3-1-4-10-15,16-11-5-2-6-12-16)17-13-7-8-14-18(17)22(19)20(24)25/h1-14H,(H,24,25). The van der Waals surface area contributed by atoms with Crippen LogP contribution < -0.4 is 4.90 Å². The molecule has 0 saturated heterocycles. The summed E-state index contributed by atoms with van der Waals surface area (Å²) in [5.41, 5.74) is 1.43. The lowest BCUT2D eigenvalue weighted by molar-refractivity contribution is -0.120. The van der Waals surface area contributed by atoms with Gasteiger partial charge < -0.3 is 5.11 Å². The van der Waals surface area contributed by atoms with Crippen molar-refractivity contribution >= 4 is 17.7 Å². The Labute approximate surface area is 145 Å². The summed E-state index contributed by atoms with van der Waals surface area (Å²) < 4.78 is 0. The highest BCUT2D eigenvalue weighted by Crippen LogP contribution is 2.50. The molecule has 25 heavy (non-hydrogen) atoms. The number of rotatable bonds is 2. The van der Waals surface area contributed by atoms with Gasteiger partial charge in [0, 0.05) is 5.56 Å². The molecule has 4 nitrogen and oxygen atoms in total. The Hall–Kier alpha value is -3.40. The Balaban J connectivity index is 2.12.